The Morgan fingerprint density at radius 2 is 2.09 bits per heavy atom. The topological polar surface area (TPSA) is 49.3 Å². The van der Waals surface area contributed by atoms with Gasteiger partial charge in [0.1, 0.15) is 6.23 Å². The van der Waals surface area contributed by atoms with E-state index in [1.807, 2.05) is 6.92 Å². The van der Waals surface area contributed by atoms with Crippen molar-refractivity contribution in [3.05, 3.63) is 0 Å². The molecule has 11 heavy (non-hydrogen) atoms. The molecular formula is C8H17NO2. The third kappa shape index (κ3) is 4.79. The second-order valence-corrected chi connectivity index (χ2v) is 2.97. The fraction of sp³-hybridized carbons (Fsp3) is 0.875. The molecule has 0 aromatic carbocycles. The monoisotopic (exact) mass is 159 g/mol. The van der Waals surface area contributed by atoms with Crippen molar-refractivity contribution in [2.24, 2.45) is 5.92 Å². The van der Waals surface area contributed by atoms with E-state index in [2.05, 4.69) is 5.32 Å². The fourth-order valence-corrected chi connectivity index (χ4v) is 0.676. The Morgan fingerprint density at radius 3 is 2.45 bits per heavy atom. The average Bonchev–Trinajstić information content (AvgIpc) is 1.87. The maximum atomic E-state index is 11.0. The van der Waals surface area contributed by atoms with Gasteiger partial charge in [0, 0.05) is 5.92 Å². The van der Waals surface area contributed by atoms with Crippen LogP contribution in [-0.2, 0) is 4.79 Å². The summed E-state index contributed by atoms with van der Waals surface area (Å²) in [5.74, 6) is -0.146. The van der Waals surface area contributed by atoms with Gasteiger partial charge in [-0.25, -0.2) is 0 Å². The highest BCUT2D eigenvalue weighted by atomic mass is 16.3. The highest BCUT2D eigenvalue weighted by molar-refractivity contribution is 5.77. The van der Waals surface area contributed by atoms with E-state index in [0.717, 1.165) is 6.42 Å². The van der Waals surface area contributed by atoms with E-state index in [-0.39, 0.29) is 11.8 Å². The summed E-state index contributed by atoms with van der Waals surface area (Å²) in [5, 5.41) is 11.6. The van der Waals surface area contributed by atoms with E-state index >= 15 is 0 Å². The Bertz CT molecular complexity index is 123. The molecule has 66 valence electrons. The number of carbonyl (C=O) groups excluding carboxylic acids is 1. The summed E-state index contributed by atoms with van der Waals surface area (Å²) in [6, 6.07) is 0. The van der Waals surface area contributed by atoms with Crippen molar-refractivity contribution in [3.8, 4) is 0 Å². The largest absolute Gasteiger partial charge is 0.374 e. The Labute approximate surface area is 67.8 Å². The SMILES string of the molecule is CCCC(O)NC(=O)C(C)C. The number of hydrogen-bond donors (Lipinski definition) is 2. The Hall–Kier alpha value is -0.570. The van der Waals surface area contributed by atoms with Crippen LogP contribution in [0.5, 0.6) is 0 Å². The summed E-state index contributed by atoms with van der Waals surface area (Å²) in [6.45, 7) is 5.56. The molecule has 1 amide bonds. The van der Waals surface area contributed by atoms with E-state index in [1.165, 1.54) is 0 Å². The lowest BCUT2D eigenvalue weighted by Gasteiger charge is -2.12. The quantitative estimate of drug-likeness (QED) is 0.598. The maximum absolute atomic E-state index is 11.0. The molecule has 2 N–H and O–H groups in total. The summed E-state index contributed by atoms with van der Waals surface area (Å²) in [4.78, 5) is 11.0. The molecule has 0 aliphatic heterocycles. The van der Waals surface area contributed by atoms with Crippen molar-refractivity contribution in [1.29, 1.82) is 0 Å². The predicted octanol–water partition coefficient (Wildman–Crippen LogP) is 0.877. The van der Waals surface area contributed by atoms with Gasteiger partial charge in [-0.05, 0) is 6.42 Å². The number of nitrogens with one attached hydrogen (secondary N) is 1. The van der Waals surface area contributed by atoms with Crippen molar-refractivity contribution in [1.82, 2.24) is 5.32 Å². The van der Waals surface area contributed by atoms with Gasteiger partial charge in [-0.1, -0.05) is 27.2 Å². The molecule has 0 aliphatic rings. The summed E-state index contributed by atoms with van der Waals surface area (Å²) >= 11 is 0. The van der Waals surface area contributed by atoms with Crippen molar-refractivity contribution in [2.45, 2.75) is 39.8 Å². The lowest BCUT2D eigenvalue weighted by atomic mass is 10.2. The smallest absolute Gasteiger partial charge is 0.224 e. The zero-order chi connectivity index (χ0) is 8.85. The van der Waals surface area contributed by atoms with Crippen LogP contribution in [0, 0.1) is 5.92 Å². The molecule has 0 radical (unpaired) electrons. The van der Waals surface area contributed by atoms with Gasteiger partial charge >= 0.3 is 0 Å². The third-order valence-corrected chi connectivity index (χ3v) is 1.40. The van der Waals surface area contributed by atoms with Crippen LogP contribution in [0.4, 0.5) is 0 Å². The van der Waals surface area contributed by atoms with Gasteiger partial charge in [0.25, 0.3) is 0 Å². The highest BCUT2D eigenvalue weighted by Gasteiger charge is 2.10. The van der Waals surface area contributed by atoms with Crippen molar-refractivity contribution in [3.63, 3.8) is 0 Å². The predicted molar refractivity (Wildman–Crippen MR) is 43.9 cm³/mol. The van der Waals surface area contributed by atoms with Gasteiger partial charge in [-0.15, -0.1) is 0 Å². The van der Waals surface area contributed by atoms with E-state index < -0.39 is 6.23 Å². The van der Waals surface area contributed by atoms with Crippen LogP contribution in [0.1, 0.15) is 33.6 Å². The molecule has 0 spiro atoms. The Morgan fingerprint density at radius 1 is 1.55 bits per heavy atom. The van der Waals surface area contributed by atoms with Gasteiger partial charge in [0.15, 0.2) is 0 Å². The molecule has 0 aromatic heterocycles. The minimum atomic E-state index is -0.671. The lowest BCUT2D eigenvalue weighted by molar-refractivity contribution is -0.127. The first-order valence-electron chi connectivity index (χ1n) is 4.06. The highest BCUT2D eigenvalue weighted by Crippen LogP contribution is 1.96. The molecule has 0 saturated heterocycles. The zero-order valence-electron chi connectivity index (χ0n) is 7.42. The van der Waals surface area contributed by atoms with Crippen LogP contribution < -0.4 is 5.32 Å². The Balaban J connectivity index is 3.57. The van der Waals surface area contributed by atoms with Gasteiger partial charge in [-0.3, -0.25) is 4.79 Å². The van der Waals surface area contributed by atoms with E-state index in [1.54, 1.807) is 13.8 Å². The fourth-order valence-electron chi connectivity index (χ4n) is 0.676. The number of carbonyl (C=O) groups is 1. The van der Waals surface area contributed by atoms with Crippen molar-refractivity contribution >= 4 is 5.91 Å². The number of aliphatic hydroxyl groups is 1. The van der Waals surface area contributed by atoms with Crippen LogP contribution in [0.25, 0.3) is 0 Å². The molecule has 3 heteroatoms. The number of rotatable bonds is 4. The number of aliphatic hydroxyl groups excluding tert-OH is 1. The van der Waals surface area contributed by atoms with Gasteiger partial charge < -0.3 is 10.4 Å². The van der Waals surface area contributed by atoms with E-state index in [9.17, 15) is 4.79 Å². The average molecular weight is 159 g/mol. The minimum Gasteiger partial charge on any atom is -0.374 e. The second-order valence-electron chi connectivity index (χ2n) is 2.97. The van der Waals surface area contributed by atoms with Crippen LogP contribution in [0.3, 0.4) is 0 Å². The van der Waals surface area contributed by atoms with Crippen LogP contribution >= 0.6 is 0 Å². The molecule has 3 nitrogen and oxygen atoms in total. The molecule has 0 aromatic rings. The molecule has 1 atom stereocenters. The van der Waals surface area contributed by atoms with Crippen molar-refractivity contribution < 1.29 is 9.90 Å². The number of amides is 1. The molecule has 0 heterocycles. The first-order chi connectivity index (χ1) is 5.07. The van der Waals surface area contributed by atoms with Gasteiger partial charge in [-0.2, -0.15) is 0 Å². The second kappa shape index (κ2) is 5.13. The third-order valence-electron chi connectivity index (χ3n) is 1.40. The Kier molecular flexibility index (Phi) is 4.86. The summed E-state index contributed by atoms with van der Waals surface area (Å²) in [5.41, 5.74) is 0. The maximum Gasteiger partial charge on any atom is 0.224 e. The van der Waals surface area contributed by atoms with Gasteiger partial charge in [0.05, 0.1) is 0 Å². The molecule has 0 bridgehead atoms. The molecular weight excluding hydrogens is 142 g/mol. The van der Waals surface area contributed by atoms with Crippen molar-refractivity contribution in [2.75, 3.05) is 0 Å². The van der Waals surface area contributed by atoms with E-state index in [0.29, 0.717) is 6.42 Å². The first kappa shape index (κ1) is 10.4. The molecule has 0 fully saturated rings. The normalized spacial score (nSPS) is 13.2. The van der Waals surface area contributed by atoms with Crippen LogP contribution in [0.15, 0.2) is 0 Å². The standard InChI is InChI=1S/C8H17NO2/c1-4-5-7(10)9-8(11)6(2)3/h6-7,10H,4-5H2,1-3H3,(H,9,11). The molecule has 1 unspecified atom stereocenters. The summed E-state index contributed by atoms with van der Waals surface area (Å²) < 4.78 is 0. The summed E-state index contributed by atoms with van der Waals surface area (Å²) in [7, 11) is 0. The zero-order valence-corrected chi connectivity index (χ0v) is 7.42. The van der Waals surface area contributed by atoms with Crippen LogP contribution in [-0.4, -0.2) is 17.2 Å². The summed E-state index contributed by atoms with van der Waals surface area (Å²) in [6.07, 6.45) is 0.827. The molecule has 0 rings (SSSR count). The molecule has 0 aliphatic carbocycles. The van der Waals surface area contributed by atoms with Crippen LogP contribution in [0.2, 0.25) is 0 Å². The number of hydrogen-bond acceptors (Lipinski definition) is 2. The lowest BCUT2D eigenvalue weighted by Crippen LogP contribution is -2.37. The molecule has 0 saturated carbocycles. The minimum absolute atomic E-state index is 0.0542. The first-order valence-corrected chi connectivity index (χ1v) is 4.06. The van der Waals surface area contributed by atoms with Gasteiger partial charge in [0.2, 0.25) is 5.91 Å². The van der Waals surface area contributed by atoms with E-state index in [4.69, 9.17) is 5.11 Å².